The number of urea groups is 1. The number of anilines is 1. The van der Waals surface area contributed by atoms with E-state index in [9.17, 15) is 4.79 Å². The second kappa shape index (κ2) is 6.69. The van der Waals surface area contributed by atoms with Gasteiger partial charge in [0, 0.05) is 37.2 Å². The number of carbonyl (C=O) groups is 1. The van der Waals surface area contributed by atoms with Gasteiger partial charge in [-0.05, 0) is 49.1 Å². The number of rotatable bonds is 3. The lowest BCUT2D eigenvalue weighted by Crippen LogP contribution is -2.41. The maximum absolute atomic E-state index is 12.4. The predicted octanol–water partition coefficient (Wildman–Crippen LogP) is 3.92. The molecule has 2 amide bonds. The van der Waals surface area contributed by atoms with Crippen molar-refractivity contribution in [2.75, 3.05) is 18.4 Å². The maximum Gasteiger partial charge on any atom is 0.321 e. The van der Waals surface area contributed by atoms with Crippen LogP contribution in [0.25, 0.3) is 0 Å². The molecule has 4 heteroatoms. The zero-order valence-electron chi connectivity index (χ0n) is 13.0. The Balaban J connectivity index is 1.55. The molecule has 2 aromatic rings. The van der Waals surface area contributed by atoms with Gasteiger partial charge in [0.1, 0.15) is 0 Å². The highest BCUT2D eigenvalue weighted by Gasteiger charge is 2.23. The molecular weight excluding hydrogens is 274 g/mol. The molecule has 0 saturated carbocycles. The first-order valence-electron chi connectivity index (χ1n) is 8.03. The Morgan fingerprint density at radius 3 is 2.59 bits per heavy atom. The number of benzene rings is 1. The van der Waals surface area contributed by atoms with Gasteiger partial charge in [-0.25, -0.2) is 4.79 Å². The van der Waals surface area contributed by atoms with Crippen molar-refractivity contribution >= 4 is 11.7 Å². The van der Waals surface area contributed by atoms with Gasteiger partial charge in [-0.15, -0.1) is 0 Å². The lowest BCUT2D eigenvalue weighted by molar-refractivity contribution is 0.184. The molecule has 0 atom stereocenters. The highest BCUT2D eigenvalue weighted by molar-refractivity contribution is 5.89. The minimum atomic E-state index is 0.0132. The zero-order chi connectivity index (χ0) is 15.4. The van der Waals surface area contributed by atoms with Crippen LogP contribution < -0.4 is 5.32 Å². The number of aromatic nitrogens is 1. The summed E-state index contributed by atoms with van der Waals surface area (Å²) in [5, 5.41) is 3.02. The molecule has 1 aliphatic rings. The largest absolute Gasteiger partial charge is 0.351 e. The van der Waals surface area contributed by atoms with Crippen LogP contribution in [0.4, 0.5) is 10.5 Å². The number of aryl methyl sites for hydroxylation is 1. The summed E-state index contributed by atoms with van der Waals surface area (Å²) in [6.45, 7) is 3.73. The number of amides is 2. The third-order valence-electron chi connectivity index (χ3n) is 4.39. The van der Waals surface area contributed by atoms with E-state index in [1.165, 1.54) is 5.56 Å². The van der Waals surface area contributed by atoms with E-state index in [1.807, 2.05) is 23.1 Å². The van der Waals surface area contributed by atoms with Crippen LogP contribution in [-0.4, -0.2) is 28.6 Å². The molecule has 1 saturated heterocycles. The minimum absolute atomic E-state index is 0.0132. The minimum Gasteiger partial charge on any atom is -0.351 e. The Labute approximate surface area is 131 Å². The SMILES string of the molecule is CCc1cccc(NC(=O)N2CCC(n3cccc3)CC2)c1. The van der Waals surface area contributed by atoms with Crippen molar-refractivity contribution in [2.24, 2.45) is 0 Å². The second-order valence-electron chi connectivity index (χ2n) is 5.83. The fraction of sp³-hybridized carbons (Fsp3) is 0.389. The fourth-order valence-corrected chi connectivity index (χ4v) is 3.03. The molecule has 1 aliphatic heterocycles. The summed E-state index contributed by atoms with van der Waals surface area (Å²) < 4.78 is 2.25. The van der Waals surface area contributed by atoms with Crippen LogP contribution >= 0.6 is 0 Å². The molecule has 4 nitrogen and oxygen atoms in total. The second-order valence-corrected chi connectivity index (χ2v) is 5.83. The summed E-state index contributed by atoms with van der Waals surface area (Å²) in [5.41, 5.74) is 2.13. The van der Waals surface area contributed by atoms with Gasteiger partial charge in [0.15, 0.2) is 0 Å². The van der Waals surface area contributed by atoms with Crippen molar-refractivity contribution in [3.63, 3.8) is 0 Å². The van der Waals surface area contributed by atoms with Crippen LogP contribution in [-0.2, 0) is 6.42 Å². The van der Waals surface area contributed by atoms with E-state index < -0.39 is 0 Å². The molecule has 1 aromatic heterocycles. The zero-order valence-corrected chi connectivity index (χ0v) is 13.0. The lowest BCUT2D eigenvalue weighted by Gasteiger charge is -2.32. The van der Waals surface area contributed by atoms with Crippen LogP contribution in [0, 0.1) is 0 Å². The van der Waals surface area contributed by atoms with Crippen molar-refractivity contribution in [1.82, 2.24) is 9.47 Å². The quantitative estimate of drug-likeness (QED) is 0.916. The highest BCUT2D eigenvalue weighted by Crippen LogP contribution is 2.23. The average molecular weight is 297 g/mol. The van der Waals surface area contributed by atoms with E-state index in [0.29, 0.717) is 6.04 Å². The first-order valence-corrected chi connectivity index (χ1v) is 8.03. The Hall–Kier alpha value is -2.23. The number of hydrogen-bond acceptors (Lipinski definition) is 1. The summed E-state index contributed by atoms with van der Waals surface area (Å²) in [6, 6.07) is 12.7. The van der Waals surface area contributed by atoms with Crippen molar-refractivity contribution in [1.29, 1.82) is 0 Å². The third-order valence-corrected chi connectivity index (χ3v) is 4.39. The van der Waals surface area contributed by atoms with Gasteiger partial charge < -0.3 is 14.8 Å². The summed E-state index contributed by atoms with van der Waals surface area (Å²) in [6.07, 6.45) is 7.22. The number of nitrogens with one attached hydrogen (secondary N) is 1. The summed E-state index contributed by atoms with van der Waals surface area (Å²) in [7, 11) is 0. The number of hydrogen-bond donors (Lipinski definition) is 1. The van der Waals surface area contributed by atoms with E-state index in [1.54, 1.807) is 0 Å². The molecule has 0 spiro atoms. The molecular formula is C18H23N3O. The molecule has 116 valence electrons. The van der Waals surface area contributed by atoms with Crippen LogP contribution in [0.1, 0.15) is 31.4 Å². The van der Waals surface area contributed by atoms with Gasteiger partial charge in [-0.2, -0.15) is 0 Å². The number of nitrogens with zero attached hydrogens (tertiary/aromatic N) is 2. The van der Waals surface area contributed by atoms with Crippen molar-refractivity contribution in [3.05, 3.63) is 54.4 Å². The predicted molar refractivity (Wildman–Crippen MR) is 89.1 cm³/mol. The van der Waals surface area contributed by atoms with Gasteiger partial charge in [-0.3, -0.25) is 0 Å². The van der Waals surface area contributed by atoms with Crippen LogP contribution in [0.5, 0.6) is 0 Å². The smallest absolute Gasteiger partial charge is 0.321 e. The monoisotopic (exact) mass is 297 g/mol. The van der Waals surface area contributed by atoms with Gasteiger partial charge in [0.05, 0.1) is 0 Å². The summed E-state index contributed by atoms with van der Waals surface area (Å²) >= 11 is 0. The van der Waals surface area contributed by atoms with Gasteiger partial charge >= 0.3 is 6.03 Å². The molecule has 1 N–H and O–H groups in total. The number of piperidine rings is 1. The Morgan fingerprint density at radius 1 is 1.18 bits per heavy atom. The fourth-order valence-electron chi connectivity index (χ4n) is 3.03. The van der Waals surface area contributed by atoms with Gasteiger partial charge in [0.2, 0.25) is 0 Å². The maximum atomic E-state index is 12.4. The van der Waals surface area contributed by atoms with Crippen LogP contribution in [0.2, 0.25) is 0 Å². The molecule has 0 radical (unpaired) electrons. The molecule has 0 bridgehead atoms. The molecule has 0 aliphatic carbocycles. The molecule has 2 heterocycles. The van der Waals surface area contributed by atoms with Crippen molar-refractivity contribution in [2.45, 2.75) is 32.2 Å². The van der Waals surface area contributed by atoms with E-state index in [0.717, 1.165) is 38.0 Å². The van der Waals surface area contributed by atoms with E-state index in [-0.39, 0.29) is 6.03 Å². The summed E-state index contributed by atoms with van der Waals surface area (Å²) in [4.78, 5) is 14.3. The number of likely N-dealkylation sites (tertiary alicyclic amines) is 1. The molecule has 22 heavy (non-hydrogen) atoms. The Morgan fingerprint density at radius 2 is 1.91 bits per heavy atom. The van der Waals surface area contributed by atoms with Crippen LogP contribution in [0.15, 0.2) is 48.8 Å². The molecule has 3 rings (SSSR count). The first-order chi connectivity index (χ1) is 10.8. The Kier molecular flexibility index (Phi) is 4.47. The van der Waals surface area contributed by atoms with Crippen molar-refractivity contribution in [3.8, 4) is 0 Å². The average Bonchev–Trinajstić information content (AvgIpc) is 3.09. The molecule has 1 aromatic carbocycles. The number of carbonyl (C=O) groups excluding carboxylic acids is 1. The van der Waals surface area contributed by atoms with E-state index >= 15 is 0 Å². The first kappa shape index (κ1) is 14.7. The van der Waals surface area contributed by atoms with Gasteiger partial charge in [0.25, 0.3) is 0 Å². The standard InChI is InChI=1S/C18H23N3O/c1-2-15-6-5-7-16(14-15)19-18(22)21-12-8-17(9-13-21)20-10-3-4-11-20/h3-7,10-11,14,17H,2,8-9,12-13H2,1H3,(H,19,22). The van der Waals surface area contributed by atoms with Gasteiger partial charge in [-0.1, -0.05) is 19.1 Å². The lowest BCUT2D eigenvalue weighted by atomic mass is 10.1. The van der Waals surface area contributed by atoms with Crippen molar-refractivity contribution < 1.29 is 4.79 Å². The summed E-state index contributed by atoms with van der Waals surface area (Å²) in [5.74, 6) is 0. The Bertz CT molecular complexity index is 613. The van der Waals surface area contributed by atoms with E-state index in [4.69, 9.17) is 0 Å². The highest BCUT2D eigenvalue weighted by atomic mass is 16.2. The van der Waals surface area contributed by atoms with Crippen LogP contribution in [0.3, 0.4) is 0 Å². The normalized spacial score (nSPS) is 15.8. The third kappa shape index (κ3) is 3.32. The topological polar surface area (TPSA) is 37.3 Å². The van der Waals surface area contributed by atoms with E-state index in [2.05, 4.69) is 47.4 Å². The molecule has 1 fully saturated rings. The molecule has 0 unspecified atom stereocenters.